The third-order valence-electron chi connectivity index (χ3n) is 3.78. The minimum Gasteiger partial charge on any atom is -0.445 e. The van der Waals surface area contributed by atoms with E-state index in [9.17, 15) is 19.8 Å². The lowest BCUT2D eigenvalue weighted by Gasteiger charge is -2.18. The number of hydrogen-bond acceptors (Lipinski definition) is 7. The maximum Gasteiger partial charge on any atom is 0.407 e. The first-order valence-electron chi connectivity index (χ1n) is 8.28. The maximum atomic E-state index is 11.6. The van der Waals surface area contributed by atoms with Crippen LogP contribution in [0.5, 0.6) is 0 Å². The predicted octanol–water partition coefficient (Wildman–Crippen LogP) is 0.396. The molecule has 2 atom stereocenters. The summed E-state index contributed by atoms with van der Waals surface area (Å²) in [5.41, 5.74) is 3.24. The Morgan fingerprint density at radius 3 is 2.63 bits per heavy atom. The molecule has 6 N–H and O–H groups in total. The van der Waals surface area contributed by atoms with Crippen molar-refractivity contribution in [2.45, 2.75) is 25.2 Å². The van der Waals surface area contributed by atoms with E-state index in [0.29, 0.717) is 0 Å². The molecule has 0 fully saturated rings. The molecule has 1 aromatic carbocycles. The highest BCUT2D eigenvalue weighted by Gasteiger charge is 2.20. The Morgan fingerprint density at radius 2 is 1.93 bits per heavy atom. The van der Waals surface area contributed by atoms with Gasteiger partial charge < -0.3 is 20.3 Å². The normalized spacial score (nSPS) is 12.7. The monoisotopic (exact) mass is 374 g/mol. The van der Waals surface area contributed by atoms with Gasteiger partial charge in [-0.1, -0.05) is 30.3 Å². The first-order chi connectivity index (χ1) is 13.0. The van der Waals surface area contributed by atoms with Gasteiger partial charge in [-0.25, -0.2) is 10.6 Å². The van der Waals surface area contributed by atoms with Gasteiger partial charge in [0.15, 0.2) is 0 Å². The number of hydrogen-bond donors (Lipinski definition) is 5. The van der Waals surface area contributed by atoms with Crippen LogP contribution < -0.4 is 16.6 Å². The number of amides is 2. The highest BCUT2D eigenvalue weighted by molar-refractivity contribution is 5.93. The standard InChI is InChI=1S/C18H22N4O5/c19-22-17(25)14-8-13(9-20-10-14)16(24)15(23)6-7-21-18(26)27-11-12-4-2-1-3-5-12/h1-5,8-10,15-16,23-24H,6-7,11,19H2,(H,21,26)(H,22,25). The van der Waals surface area contributed by atoms with Crippen molar-refractivity contribution in [2.75, 3.05) is 6.54 Å². The zero-order valence-electron chi connectivity index (χ0n) is 14.5. The summed E-state index contributed by atoms with van der Waals surface area (Å²) >= 11 is 0. The summed E-state index contributed by atoms with van der Waals surface area (Å²) in [7, 11) is 0. The number of pyridine rings is 1. The van der Waals surface area contributed by atoms with Gasteiger partial charge in [0.2, 0.25) is 0 Å². The van der Waals surface area contributed by atoms with Gasteiger partial charge in [0.25, 0.3) is 5.91 Å². The quantitative estimate of drug-likeness (QED) is 0.255. The molecule has 0 saturated heterocycles. The fourth-order valence-electron chi connectivity index (χ4n) is 2.30. The SMILES string of the molecule is NNC(=O)c1cncc(C(O)C(O)CCNC(=O)OCc2ccccc2)c1. The van der Waals surface area contributed by atoms with Crippen molar-refractivity contribution < 1.29 is 24.5 Å². The number of aromatic nitrogens is 1. The predicted molar refractivity (Wildman–Crippen MR) is 96.1 cm³/mol. The Balaban J connectivity index is 1.77. The van der Waals surface area contributed by atoms with Gasteiger partial charge in [0.1, 0.15) is 12.7 Å². The van der Waals surface area contributed by atoms with Crippen LogP contribution in [0, 0.1) is 0 Å². The molecule has 9 heteroatoms. The summed E-state index contributed by atoms with van der Waals surface area (Å²) in [5.74, 6) is 4.49. The van der Waals surface area contributed by atoms with Gasteiger partial charge in [-0.05, 0) is 18.1 Å². The van der Waals surface area contributed by atoms with Gasteiger partial charge in [0.05, 0.1) is 11.7 Å². The Morgan fingerprint density at radius 1 is 1.19 bits per heavy atom. The van der Waals surface area contributed by atoms with Crippen molar-refractivity contribution in [1.82, 2.24) is 15.7 Å². The first kappa shape index (κ1) is 20.3. The number of aliphatic hydroxyl groups excluding tert-OH is 2. The summed E-state index contributed by atoms with van der Waals surface area (Å²) in [6.07, 6.45) is -0.362. The summed E-state index contributed by atoms with van der Waals surface area (Å²) in [6.45, 7) is 0.238. The Kier molecular flexibility index (Phi) is 7.68. The molecular weight excluding hydrogens is 352 g/mol. The van der Waals surface area contributed by atoms with Gasteiger partial charge in [0, 0.05) is 24.5 Å². The van der Waals surface area contributed by atoms with E-state index < -0.39 is 24.2 Å². The number of ether oxygens (including phenoxy) is 1. The number of carbonyl (C=O) groups excluding carboxylic acids is 2. The minimum atomic E-state index is -1.27. The molecule has 0 bridgehead atoms. The number of rotatable bonds is 8. The van der Waals surface area contributed by atoms with E-state index in [1.165, 1.54) is 18.5 Å². The van der Waals surface area contributed by atoms with E-state index in [1.807, 2.05) is 35.8 Å². The van der Waals surface area contributed by atoms with Crippen LogP contribution in [0.3, 0.4) is 0 Å². The molecule has 2 aromatic rings. The minimum absolute atomic E-state index is 0.0783. The van der Waals surface area contributed by atoms with Gasteiger partial charge >= 0.3 is 6.09 Å². The number of alkyl carbamates (subject to hydrolysis) is 1. The molecule has 0 aliphatic heterocycles. The summed E-state index contributed by atoms with van der Waals surface area (Å²) in [6, 6.07) is 10.6. The molecular formula is C18H22N4O5. The van der Waals surface area contributed by atoms with Crippen molar-refractivity contribution in [3.63, 3.8) is 0 Å². The topological polar surface area (TPSA) is 147 Å². The van der Waals surface area contributed by atoms with Gasteiger partial charge in [-0.2, -0.15) is 0 Å². The zero-order valence-corrected chi connectivity index (χ0v) is 14.5. The van der Waals surface area contributed by atoms with Crippen molar-refractivity contribution in [2.24, 2.45) is 5.84 Å². The summed E-state index contributed by atoms with van der Waals surface area (Å²) in [5, 5.41) is 22.8. The van der Waals surface area contributed by atoms with Crippen molar-refractivity contribution in [3.8, 4) is 0 Å². The number of nitrogens with one attached hydrogen (secondary N) is 2. The van der Waals surface area contributed by atoms with Crippen LogP contribution >= 0.6 is 0 Å². The number of carbonyl (C=O) groups is 2. The van der Waals surface area contributed by atoms with Crippen LogP contribution in [0.1, 0.15) is 34.0 Å². The molecule has 2 rings (SSSR count). The lowest BCUT2D eigenvalue weighted by Crippen LogP contribution is -2.31. The average molecular weight is 374 g/mol. The zero-order chi connectivity index (χ0) is 19.6. The van der Waals surface area contributed by atoms with Crippen LogP contribution in [0.15, 0.2) is 48.8 Å². The summed E-state index contributed by atoms with van der Waals surface area (Å²) in [4.78, 5) is 27.0. The van der Waals surface area contributed by atoms with Crippen LogP contribution in [0.25, 0.3) is 0 Å². The highest BCUT2D eigenvalue weighted by atomic mass is 16.5. The van der Waals surface area contributed by atoms with Gasteiger partial charge in [-0.3, -0.25) is 15.2 Å². The lowest BCUT2D eigenvalue weighted by molar-refractivity contribution is 0.0134. The van der Waals surface area contributed by atoms with E-state index in [4.69, 9.17) is 10.6 Å². The smallest absolute Gasteiger partial charge is 0.407 e. The second-order valence-electron chi connectivity index (χ2n) is 5.77. The molecule has 2 unspecified atom stereocenters. The molecule has 0 aliphatic rings. The third kappa shape index (κ3) is 6.33. The molecule has 0 aliphatic carbocycles. The number of benzene rings is 1. The number of hydrazine groups is 1. The molecule has 144 valence electrons. The fraction of sp³-hybridized carbons (Fsp3) is 0.278. The third-order valence-corrected chi connectivity index (χ3v) is 3.78. The highest BCUT2D eigenvalue weighted by Crippen LogP contribution is 2.19. The molecule has 9 nitrogen and oxygen atoms in total. The fourth-order valence-corrected chi connectivity index (χ4v) is 2.30. The number of nitrogen functional groups attached to an aromatic ring is 1. The number of nitrogens with two attached hydrogens (primary N) is 1. The van der Waals surface area contributed by atoms with Crippen molar-refractivity contribution >= 4 is 12.0 Å². The van der Waals surface area contributed by atoms with E-state index in [-0.39, 0.29) is 30.7 Å². The molecule has 0 radical (unpaired) electrons. The van der Waals surface area contributed by atoms with Crippen molar-refractivity contribution in [3.05, 3.63) is 65.5 Å². The Hall–Kier alpha value is -3.01. The molecule has 0 saturated carbocycles. The van der Waals surface area contributed by atoms with E-state index in [2.05, 4.69) is 10.3 Å². The van der Waals surface area contributed by atoms with E-state index in [0.717, 1.165) is 5.56 Å². The van der Waals surface area contributed by atoms with Crippen molar-refractivity contribution in [1.29, 1.82) is 0 Å². The van der Waals surface area contributed by atoms with Crippen LogP contribution in [-0.4, -0.2) is 39.8 Å². The largest absolute Gasteiger partial charge is 0.445 e. The number of nitrogens with zero attached hydrogens (tertiary/aromatic N) is 1. The van der Waals surface area contributed by atoms with Crippen LogP contribution in [0.4, 0.5) is 4.79 Å². The molecule has 27 heavy (non-hydrogen) atoms. The molecule has 1 aromatic heterocycles. The molecule has 1 heterocycles. The van der Waals surface area contributed by atoms with Crippen LogP contribution in [-0.2, 0) is 11.3 Å². The molecule has 0 spiro atoms. The lowest BCUT2D eigenvalue weighted by atomic mass is 10.0. The second kappa shape index (κ2) is 10.2. The number of aliphatic hydroxyl groups is 2. The van der Waals surface area contributed by atoms with Gasteiger partial charge in [-0.15, -0.1) is 0 Å². The summed E-state index contributed by atoms with van der Waals surface area (Å²) < 4.78 is 5.05. The van der Waals surface area contributed by atoms with E-state index >= 15 is 0 Å². The Bertz CT molecular complexity index is 756. The van der Waals surface area contributed by atoms with E-state index in [1.54, 1.807) is 0 Å². The molecule has 2 amide bonds. The van der Waals surface area contributed by atoms with Crippen LogP contribution in [0.2, 0.25) is 0 Å². The Labute approximate surface area is 156 Å². The maximum absolute atomic E-state index is 11.6. The first-order valence-corrected chi connectivity index (χ1v) is 8.28. The second-order valence-corrected chi connectivity index (χ2v) is 5.77. The average Bonchev–Trinajstić information content (AvgIpc) is 2.71.